The molecule has 2 atom stereocenters. The third-order valence-corrected chi connectivity index (χ3v) is 8.18. The summed E-state index contributed by atoms with van der Waals surface area (Å²) in [4.78, 5) is 6.98. The van der Waals surface area contributed by atoms with Gasteiger partial charge in [0, 0.05) is 34.3 Å². The Balaban J connectivity index is 1.70. The molecule has 0 aromatic carbocycles. The maximum absolute atomic E-state index is 6.80. The van der Waals surface area contributed by atoms with Gasteiger partial charge in [-0.1, -0.05) is 55.0 Å². The number of pyridine rings is 1. The van der Waals surface area contributed by atoms with E-state index in [1.165, 1.54) is 35.4 Å². The standard InChI is InChI=1S/C20H23Cl2N3S2/c21-16-10-15(24-11-12-6-5-9-26-12)20-18(25-16)17(22)19(27-20)13-7-3-1-2-4-8-14(13)23/h5-6,9-10,13-14H,1-4,7-8,11,23H2,(H,24,25)/t13-,14+/m1/s1. The summed E-state index contributed by atoms with van der Waals surface area (Å²) in [7, 11) is 0. The summed E-state index contributed by atoms with van der Waals surface area (Å²) in [6.45, 7) is 0.765. The SMILES string of the molecule is N[C@H]1CCCCCC[C@H]1c1sc2c(NCc3cccs3)cc(Cl)nc2c1Cl. The van der Waals surface area contributed by atoms with Crippen LogP contribution in [0.4, 0.5) is 5.69 Å². The highest BCUT2D eigenvalue weighted by atomic mass is 35.5. The smallest absolute Gasteiger partial charge is 0.131 e. The fourth-order valence-corrected chi connectivity index (χ4v) is 6.45. The first-order valence-corrected chi connectivity index (χ1v) is 11.9. The number of rotatable bonds is 4. The highest BCUT2D eigenvalue weighted by molar-refractivity contribution is 7.20. The fraction of sp³-hybridized carbons (Fsp3) is 0.450. The lowest BCUT2D eigenvalue weighted by Gasteiger charge is -2.25. The second-order valence-electron chi connectivity index (χ2n) is 7.15. The third kappa shape index (κ3) is 4.28. The van der Waals surface area contributed by atoms with E-state index >= 15 is 0 Å². The van der Waals surface area contributed by atoms with Crippen LogP contribution in [0.3, 0.4) is 0 Å². The molecule has 1 fully saturated rings. The molecule has 0 spiro atoms. The Kier molecular flexibility index (Phi) is 6.25. The zero-order valence-corrected chi connectivity index (χ0v) is 18.2. The number of nitrogens with one attached hydrogen (secondary N) is 1. The molecule has 0 unspecified atom stereocenters. The van der Waals surface area contributed by atoms with E-state index in [1.807, 2.05) is 6.07 Å². The quantitative estimate of drug-likeness (QED) is 0.428. The van der Waals surface area contributed by atoms with Gasteiger partial charge in [-0.25, -0.2) is 4.98 Å². The molecule has 0 saturated heterocycles. The Bertz CT molecular complexity index is 908. The zero-order chi connectivity index (χ0) is 18.8. The second-order valence-corrected chi connectivity index (χ2v) is 10.00. The van der Waals surface area contributed by atoms with E-state index in [0.717, 1.165) is 40.3 Å². The minimum absolute atomic E-state index is 0.161. The van der Waals surface area contributed by atoms with Gasteiger partial charge in [0.05, 0.1) is 15.4 Å². The summed E-state index contributed by atoms with van der Waals surface area (Å²) in [5, 5.41) is 6.80. The number of hydrogen-bond donors (Lipinski definition) is 2. The Morgan fingerprint density at radius 3 is 2.78 bits per heavy atom. The number of fused-ring (bicyclic) bond motifs is 1. The van der Waals surface area contributed by atoms with Crippen LogP contribution in [0.15, 0.2) is 23.6 Å². The molecule has 3 aromatic rings. The normalized spacial score (nSPS) is 21.1. The first-order valence-electron chi connectivity index (χ1n) is 9.43. The van der Waals surface area contributed by atoms with Crippen LogP contribution in [0.1, 0.15) is 54.2 Å². The van der Waals surface area contributed by atoms with E-state index in [-0.39, 0.29) is 6.04 Å². The van der Waals surface area contributed by atoms with Crippen molar-refractivity contribution in [2.24, 2.45) is 5.73 Å². The van der Waals surface area contributed by atoms with Crippen LogP contribution in [-0.4, -0.2) is 11.0 Å². The Morgan fingerprint density at radius 1 is 1.19 bits per heavy atom. The van der Waals surface area contributed by atoms with Crippen LogP contribution in [0.25, 0.3) is 10.2 Å². The topological polar surface area (TPSA) is 50.9 Å². The first kappa shape index (κ1) is 19.5. The summed E-state index contributed by atoms with van der Waals surface area (Å²) in [6.07, 6.45) is 7.14. The van der Waals surface area contributed by atoms with E-state index in [0.29, 0.717) is 11.1 Å². The van der Waals surface area contributed by atoms with Gasteiger partial charge in [-0.15, -0.1) is 22.7 Å². The van der Waals surface area contributed by atoms with Crippen molar-refractivity contribution in [3.63, 3.8) is 0 Å². The van der Waals surface area contributed by atoms with Crippen LogP contribution in [-0.2, 0) is 6.54 Å². The van der Waals surface area contributed by atoms with Crippen molar-refractivity contribution < 1.29 is 0 Å². The third-order valence-electron chi connectivity index (χ3n) is 5.27. The Hall–Kier alpha value is -0.850. The number of thiophene rings is 2. The molecule has 3 nitrogen and oxygen atoms in total. The summed E-state index contributed by atoms with van der Waals surface area (Å²) < 4.78 is 1.07. The van der Waals surface area contributed by atoms with Crippen LogP contribution in [0.2, 0.25) is 10.2 Å². The van der Waals surface area contributed by atoms with E-state index in [1.54, 1.807) is 22.7 Å². The molecule has 1 aliphatic carbocycles. The largest absolute Gasteiger partial charge is 0.379 e. The lowest BCUT2D eigenvalue weighted by molar-refractivity contribution is 0.408. The molecular formula is C20H23Cl2N3S2. The number of nitrogens with zero attached hydrogens (tertiary/aromatic N) is 1. The molecule has 0 radical (unpaired) electrons. The molecule has 144 valence electrons. The summed E-state index contributed by atoms with van der Waals surface area (Å²) in [6, 6.07) is 6.24. The number of halogens is 2. The van der Waals surface area contributed by atoms with Gasteiger partial charge in [-0.3, -0.25) is 0 Å². The molecule has 0 amide bonds. The van der Waals surface area contributed by atoms with Gasteiger partial charge in [0.25, 0.3) is 0 Å². The van der Waals surface area contributed by atoms with Gasteiger partial charge >= 0.3 is 0 Å². The molecule has 3 heterocycles. The highest BCUT2D eigenvalue weighted by Crippen LogP contribution is 2.45. The average molecular weight is 440 g/mol. The number of hydrogen-bond acceptors (Lipinski definition) is 5. The Labute approximate surface area is 177 Å². The van der Waals surface area contributed by atoms with Crippen molar-refractivity contribution in [3.05, 3.63) is 43.5 Å². The Morgan fingerprint density at radius 2 is 2.00 bits per heavy atom. The van der Waals surface area contributed by atoms with Crippen molar-refractivity contribution in [2.45, 2.75) is 57.0 Å². The van der Waals surface area contributed by atoms with Gasteiger partial charge in [-0.2, -0.15) is 0 Å². The first-order chi connectivity index (χ1) is 13.1. The van der Waals surface area contributed by atoms with Gasteiger partial charge in [0.2, 0.25) is 0 Å². The minimum atomic E-state index is 0.161. The van der Waals surface area contributed by atoms with E-state index < -0.39 is 0 Å². The summed E-state index contributed by atoms with van der Waals surface area (Å²) in [5.74, 6) is 0.306. The fourth-order valence-electron chi connectivity index (χ4n) is 3.83. The molecule has 1 saturated carbocycles. The van der Waals surface area contributed by atoms with Gasteiger partial charge in [0.1, 0.15) is 10.7 Å². The van der Waals surface area contributed by atoms with Gasteiger partial charge < -0.3 is 11.1 Å². The monoisotopic (exact) mass is 439 g/mol. The van der Waals surface area contributed by atoms with E-state index in [9.17, 15) is 0 Å². The highest BCUT2D eigenvalue weighted by Gasteiger charge is 2.27. The van der Waals surface area contributed by atoms with Crippen molar-refractivity contribution >= 4 is 61.8 Å². The molecule has 0 bridgehead atoms. The van der Waals surface area contributed by atoms with Crippen molar-refractivity contribution in [1.29, 1.82) is 0 Å². The van der Waals surface area contributed by atoms with Crippen molar-refractivity contribution in [1.82, 2.24) is 4.98 Å². The lowest BCUT2D eigenvalue weighted by Crippen LogP contribution is -2.29. The van der Waals surface area contributed by atoms with E-state index in [2.05, 4.69) is 27.8 Å². The van der Waals surface area contributed by atoms with Crippen LogP contribution in [0.5, 0.6) is 0 Å². The molecule has 27 heavy (non-hydrogen) atoms. The van der Waals surface area contributed by atoms with Crippen LogP contribution < -0.4 is 11.1 Å². The van der Waals surface area contributed by atoms with E-state index in [4.69, 9.17) is 28.9 Å². The molecule has 7 heteroatoms. The summed E-state index contributed by atoms with van der Waals surface area (Å²) in [5.41, 5.74) is 8.34. The number of aromatic nitrogens is 1. The van der Waals surface area contributed by atoms with Crippen LogP contribution >= 0.6 is 45.9 Å². The average Bonchev–Trinajstić information content (AvgIpc) is 3.26. The van der Waals surface area contributed by atoms with Crippen molar-refractivity contribution in [2.75, 3.05) is 5.32 Å². The summed E-state index contributed by atoms with van der Waals surface area (Å²) >= 11 is 16.6. The molecule has 3 N–H and O–H groups in total. The lowest BCUT2D eigenvalue weighted by atomic mass is 9.86. The minimum Gasteiger partial charge on any atom is -0.379 e. The predicted molar refractivity (Wildman–Crippen MR) is 120 cm³/mol. The van der Waals surface area contributed by atoms with Crippen LogP contribution in [0, 0.1) is 0 Å². The predicted octanol–water partition coefficient (Wildman–Crippen LogP) is 7.04. The molecule has 1 aliphatic rings. The van der Waals surface area contributed by atoms with Gasteiger partial charge in [0.15, 0.2) is 0 Å². The number of nitrogens with two attached hydrogens (primary N) is 1. The van der Waals surface area contributed by atoms with Crippen molar-refractivity contribution in [3.8, 4) is 0 Å². The second kappa shape index (κ2) is 8.66. The number of anilines is 1. The maximum Gasteiger partial charge on any atom is 0.131 e. The molecule has 4 rings (SSSR count). The molecular weight excluding hydrogens is 417 g/mol. The maximum atomic E-state index is 6.80. The zero-order valence-electron chi connectivity index (χ0n) is 15.0. The molecule has 0 aliphatic heterocycles. The molecule has 3 aromatic heterocycles. The van der Waals surface area contributed by atoms with Gasteiger partial charge in [-0.05, 0) is 24.3 Å².